The molecule has 20 heavy (non-hydrogen) atoms. The van der Waals surface area contributed by atoms with Crippen LogP contribution < -0.4 is 5.32 Å². The van der Waals surface area contributed by atoms with Crippen LogP contribution in [0, 0.1) is 0 Å². The van der Waals surface area contributed by atoms with Crippen LogP contribution >= 0.6 is 34.7 Å². The quantitative estimate of drug-likeness (QED) is 0.853. The highest BCUT2D eigenvalue weighted by Gasteiger charge is 2.17. The van der Waals surface area contributed by atoms with Crippen molar-refractivity contribution < 1.29 is 13.6 Å². The Kier molecular flexibility index (Phi) is 4.85. The Morgan fingerprint density at radius 3 is 2.85 bits per heavy atom. The normalized spacial score (nSPS) is 10.8. The molecule has 4 nitrogen and oxygen atoms in total. The van der Waals surface area contributed by atoms with Gasteiger partial charge >= 0.3 is 0 Å². The first-order chi connectivity index (χ1) is 9.52. The zero-order valence-electron chi connectivity index (χ0n) is 9.74. The zero-order valence-corrected chi connectivity index (χ0v) is 12.1. The van der Waals surface area contributed by atoms with Crippen LogP contribution in [0.15, 0.2) is 18.2 Å². The highest BCUT2D eigenvalue weighted by molar-refractivity contribution is 7.08. The number of amides is 1. The number of benzene rings is 1. The van der Waals surface area contributed by atoms with Crippen LogP contribution in [0.1, 0.15) is 27.4 Å². The lowest BCUT2D eigenvalue weighted by Gasteiger charge is -2.08. The van der Waals surface area contributed by atoms with E-state index in [1.54, 1.807) is 0 Å². The molecule has 0 bridgehead atoms. The van der Waals surface area contributed by atoms with E-state index in [-0.39, 0.29) is 27.0 Å². The van der Waals surface area contributed by atoms with Crippen LogP contribution in [0.3, 0.4) is 0 Å². The molecule has 0 saturated heterocycles. The first-order valence-corrected chi connectivity index (χ1v) is 6.97. The fourth-order valence-corrected chi connectivity index (χ4v) is 2.48. The third-order valence-corrected chi connectivity index (χ3v) is 3.74. The van der Waals surface area contributed by atoms with E-state index >= 15 is 0 Å². The molecule has 0 fully saturated rings. The topological polar surface area (TPSA) is 54.9 Å². The van der Waals surface area contributed by atoms with Gasteiger partial charge in [-0.15, -0.1) is 16.7 Å². The minimum atomic E-state index is -2.72. The molecule has 0 spiro atoms. The first kappa shape index (κ1) is 15.1. The molecule has 1 amide bonds. The predicted octanol–water partition coefficient (Wildman–Crippen LogP) is 4.12. The number of carbonyl (C=O) groups excluding carboxylic acids is 1. The molecule has 0 atom stereocenters. The molecule has 2 aromatic rings. The number of hydrogen-bond acceptors (Lipinski definition) is 4. The highest BCUT2D eigenvalue weighted by atomic mass is 35.5. The number of nitrogens with one attached hydrogen (secondary N) is 1. The minimum absolute atomic E-state index is 0.0438. The molecule has 0 radical (unpaired) electrons. The summed E-state index contributed by atoms with van der Waals surface area (Å²) in [6.45, 7) is 0. The second-order valence-corrected chi connectivity index (χ2v) is 5.10. The molecule has 0 aliphatic carbocycles. The van der Waals surface area contributed by atoms with E-state index in [0.717, 1.165) is 17.6 Å². The molecule has 0 aliphatic heterocycles. The fourth-order valence-electron chi connectivity index (χ4n) is 1.45. The summed E-state index contributed by atoms with van der Waals surface area (Å²) in [5.41, 5.74) is 0.213. The molecule has 1 heterocycles. The molecule has 2 rings (SSSR count). The summed E-state index contributed by atoms with van der Waals surface area (Å²) in [6, 6.07) is 3.85. The van der Waals surface area contributed by atoms with Crippen molar-refractivity contribution in [2.45, 2.75) is 12.3 Å². The standard InChI is InChI=1S/C11H7Cl2F2N3OS/c12-4-8-9(20-18-17-8)11(19)16-5-1-2-7(13)6(3-5)10(14)15/h1-3,10H,4H2,(H,16,19). The number of aromatic nitrogens is 2. The summed E-state index contributed by atoms with van der Waals surface area (Å²) in [5.74, 6) is -0.458. The van der Waals surface area contributed by atoms with Crippen molar-refractivity contribution in [1.29, 1.82) is 0 Å². The van der Waals surface area contributed by atoms with E-state index in [0.29, 0.717) is 5.69 Å². The third kappa shape index (κ3) is 3.23. The molecule has 0 saturated carbocycles. The maximum atomic E-state index is 12.7. The molecule has 106 valence electrons. The van der Waals surface area contributed by atoms with Crippen molar-refractivity contribution in [2.75, 3.05) is 5.32 Å². The van der Waals surface area contributed by atoms with Crippen molar-refractivity contribution in [3.8, 4) is 0 Å². The Hall–Kier alpha value is -1.31. The van der Waals surface area contributed by atoms with Gasteiger partial charge in [-0.2, -0.15) is 0 Å². The van der Waals surface area contributed by atoms with Crippen LogP contribution in [0.4, 0.5) is 14.5 Å². The Morgan fingerprint density at radius 1 is 1.45 bits per heavy atom. The summed E-state index contributed by atoms with van der Waals surface area (Å²) in [4.78, 5) is 12.2. The van der Waals surface area contributed by atoms with Crippen LogP contribution in [0.2, 0.25) is 5.02 Å². The van der Waals surface area contributed by atoms with Crippen LogP contribution in [-0.2, 0) is 5.88 Å². The second-order valence-electron chi connectivity index (χ2n) is 3.67. The van der Waals surface area contributed by atoms with Gasteiger partial charge in [0.2, 0.25) is 0 Å². The third-order valence-electron chi connectivity index (χ3n) is 2.38. The van der Waals surface area contributed by atoms with Crippen molar-refractivity contribution in [3.05, 3.63) is 39.4 Å². The fraction of sp³-hybridized carbons (Fsp3) is 0.182. The number of hydrogen-bond donors (Lipinski definition) is 1. The number of halogens is 4. The summed E-state index contributed by atoms with van der Waals surface area (Å²) in [7, 11) is 0. The number of carbonyl (C=O) groups is 1. The lowest BCUT2D eigenvalue weighted by atomic mass is 10.2. The van der Waals surface area contributed by atoms with Gasteiger partial charge in [0.1, 0.15) is 10.6 Å². The van der Waals surface area contributed by atoms with E-state index in [1.165, 1.54) is 12.1 Å². The average Bonchev–Trinajstić information content (AvgIpc) is 2.89. The Labute approximate surface area is 126 Å². The smallest absolute Gasteiger partial charge is 0.269 e. The maximum absolute atomic E-state index is 12.7. The monoisotopic (exact) mass is 337 g/mol. The van der Waals surface area contributed by atoms with Gasteiger partial charge in [0, 0.05) is 16.3 Å². The first-order valence-electron chi connectivity index (χ1n) is 5.29. The predicted molar refractivity (Wildman–Crippen MR) is 73.8 cm³/mol. The second kappa shape index (κ2) is 6.43. The molecular weight excluding hydrogens is 331 g/mol. The maximum Gasteiger partial charge on any atom is 0.269 e. The van der Waals surface area contributed by atoms with Gasteiger partial charge < -0.3 is 5.32 Å². The summed E-state index contributed by atoms with van der Waals surface area (Å²) in [5, 5.41) is 6.12. The van der Waals surface area contributed by atoms with E-state index in [4.69, 9.17) is 23.2 Å². The van der Waals surface area contributed by atoms with Gasteiger partial charge in [-0.05, 0) is 29.7 Å². The van der Waals surface area contributed by atoms with E-state index in [9.17, 15) is 13.6 Å². The Morgan fingerprint density at radius 2 is 2.20 bits per heavy atom. The minimum Gasteiger partial charge on any atom is -0.321 e. The molecule has 1 aromatic carbocycles. The largest absolute Gasteiger partial charge is 0.321 e. The van der Waals surface area contributed by atoms with Crippen LogP contribution in [0.5, 0.6) is 0 Å². The Balaban J connectivity index is 2.22. The van der Waals surface area contributed by atoms with E-state index in [2.05, 4.69) is 14.9 Å². The van der Waals surface area contributed by atoms with E-state index < -0.39 is 12.3 Å². The van der Waals surface area contributed by atoms with Crippen LogP contribution in [-0.4, -0.2) is 15.5 Å². The molecule has 1 N–H and O–H groups in total. The summed E-state index contributed by atoms with van der Waals surface area (Å²) < 4.78 is 29.0. The zero-order chi connectivity index (χ0) is 14.7. The van der Waals surface area contributed by atoms with Crippen molar-refractivity contribution in [3.63, 3.8) is 0 Å². The number of rotatable bonds is 4. The lowest BCUT2D eigenvalue weighted by molar-refractivity contribution is 0.102. The Bertz CT molecular complexity index is 636. The average molecular weight is 338 g/mol. The highest BCUT2D eigenvalue weighted by Crippen LogP contribution is 2.29. The summed E-state index contributed by atoms with van der Waals surface area (Å²) >= 11 is 12.1. The summed E-state index contributed by atoms with van der Waals surface area (Å²) in [6.07, 6.45) is -2.72. The SMILES string of the molecule is O=C(Nc1ccc(Cl)c(C(F)F)c1)c1snnc1CCl. The van der Waals surface area contributed by atoms with Crippen LogP contribution in [0.25, 0.3) is 0 Å². The van der Waals surface area contributed by atoms with Crippen molar-refractivity contribution >= 4 is 46.3 Å². The number of anilines is 1. The van der Waals surface area contributed by atoms with Crippen molar-refractivity contribution in [2.24, 2.45) is 0 Å². The van der Waals surface area contributed by atoms with Gasteiger partial charge in [-0.1, -0.05) is 16.1 Å². The van der Waals surface area contributed by atoms with Gasteiger partial charge in [-0.3, -0.25) is 4.79 Å². The van der Waals surface area contributed by atoms with Gasteiger partial charge in [0.25, 0.3) is 12.3 Å². The van der Waals surface area contributed by atoms with Gasteiger partial charge in [0.05, 0.1) is 5.88 Å². The molecule has 0 unspecified atom stereocenters. The molecular formula is C11H7Cl2F2N3OS. The molecule has 1 aromatic heterocycles. The number of alkyl halides is 3. The van der Waals surface area contributed by atoms with Crippen molar-refractivity contribution in [1.82, 2.24) is 9.59 Å². The van der Waals surface area contributed by atoms with E-state index in [1.807, 2.05) is 0 Å². The van der Waals surface area contributed by atoms with Gasteiger partial charge in [-0.25, -0.2) is 8.78 Å². The lowest BCUT2D eigenvalue weighted by Crippen LogP contribution is -2.12. The molecule has 9 heteroatoms. The van der Waals surface area contributed by atoms with Gasteiger partial charge in [0.15, 0.2) is 0 Å². The number of nitrogens with zero attached hydrogens (tertiary/aromatic N) is 2. The molecule has 0 aliphatic rings.